The lowest BCUT2D eigenvalue weighted by Gasteiger charge is -2.25. The number of rotatable bonds is 3. The van der Waals surface area contributed by atoms with Crippen LogP contribution >= 0.6 is 0 Å². The lowest BCUT2D eigenvalue weighted by Crippen LogP contribution is -2.36. The zero-order chi connectivity index (χ0) is 17.2. The van der Waals surface area contributed by atoms with Crippen molar-refractivity contribution in [1.82, 2.24) is 9.80 Å². The number of likely N-dealkylation sites (tertiary alicyclic amines) is 1. The van der Waals surface area contributed by atoms with Gasteiger partial charge in [-0.15, -0.1) is 0 Å². The van der Waals surface area contributed by atoms with Gasteiger partial charge in [0.25, 0.3) is 0 Å². The Morgan fingerprint density at radius 3 is 2.79 bits per heavy atom. The minimum absolute atomic E-state index is 0.0352. The molecule has 0 aromatic heterocycles. The van der Waals surface area contributed by atoms with Gasteiger partial charge in [0, 0.05) is 33.0 Å². The normalized spacial score (nSPS) is 24.2. The Morgan fingerprint density at radius 2 is 2.08 bits per heavy atom. The Morgan fingerprint density at radius 1 is 1.29 bits per heavy atom. The molecule has 0 N–H and O–H groups in total. The summed E-state index contributed by atoms with van der Waals surface area (Å²) in [6.07, 6.45) is 2.68. The number of nitrogens with zero attached hydrogens (tertiary/aromatic N) is 2. The van der Waals surface area contributed by atoms with Gasteiger partial charge in [-0.1, -0.05) is 18.2 Å². The number of hydrogen-bond donors (Lipinski definition) is 0. The monoisotopic (exact) mass is 334 g/mol. The van der Waals surface area contributed by atoms with Crippen LogP contribution in [0, 0.1) is 5.82 Å². The van der Waals surface area contributed by atoms with Crippen LogP contribution in [0.1, 0.15) is 31.2 Å². The number of ether oxygens (including phenoxy) is 1. The quantitative estimate of drug-likeness (QED) is 0.854. The summed E-state index contributed by atoms with van der Waals surface area (Å²) in [6.45, 7) is 1.83. The molecular weight excluding hydrogens is 311 g/mol. The van der Waals surface area contributed by atoms with E-state index in [0.717, 1.165) is 12.8 Å². The van der Waals surface area contributed by atoms with Crippen molar-refractivity contribution in [1.29, 1.82) is 0 Å². The average molecular weight is 334 g/mol. The summed E-state index contributed by atoms with van der Waals surface area (Å²) in [5, 5.41) is 0. The fourth-order valence-corrected chi connectivity index (χ4v) is 3.57. The van der Waals surface area contributed by atoms with Crippen molar-refractivity contribution in [2.24, 2.45) is 0 Å². The molecule has 2 saturated heterocycles. The molecule has 0 bridgehead atoms. The van der Waals surface area contributed by atoms with Gasteiger partial charge in [-0.2, -0.15) is 0 Å². The SMILES string of the molecule is CN1C[C@]2(CCCN(C(=O)CCc3ccccc3F)CC2)OC1=O. The fraction of sp³-hybridized carbons (Fsp3) is 0.556. The Hall–Kier alpha value is -2.11. The molecule has 0 aliphatic carbocycles. The van der Waals surface area contributed by atoms with E-state index in [1.807, 2.05) is 4.90 Å². The number of hydrogen-bond acceptors (Lipinski definition) is 3. The third-order valence-electron chi connectivity index (χ3n) is 4.96. The molecule has 5 nitrogen and oxygen atoms in total. The van der Waals surface area contributed by atoms with Gasteiger partial charge in [-0.05, 0) is 30.9 Å². The molecule has 0 saturated carbocycles. The number of carbonyl (C=O) groups is 2. The number of likely N-dealkylation sites (N-methyl/N-ethyl adjacent to an activating group) is 1. The largest absolute Gasteiger partial charge is 0.441 e. The molecular formula is C18H23FN2O3. The zero-order valence-electron chi connectivity index (χ0n) is 14.0. The van der Waals surface area contributed by atoms with E-state index in [1.54, 1.807) is 30.1 Å². The van der Waals surface area contributed by atoms with Gasteiger partial charge < -0.3 is 14.5 Å². The number of benzene rings is 1. The van der Waals surface area contributed by atoms with E-state index in [4.69, 9.17) is 4.74 Å². The van der Waals surface area contributed by atoms with Gasteiger partial charge >= 0.3 is 6.09 Å². The van der Waals surface area contributed by atoms with Crippen molar-refractivity contribution >= 4 is 12.0 Å². The van der Waals surface area contributed by atoms with Gasteiger partial charge in [0.2, 0.25) is 5.91 Å². The maximum absolute atomic E-state index is 13.6. The molecule has 24 heavy (non-hydrogen) atoms. The lowest BCUT2D eigenvalue weighted by atomic mass is 9.95. The van der Waals surface area contributed by atoms with E-state index in [9.17, 15) is 14.0 Å². The van der Waals surface area contributed by atoms with Crippen LogP contribution < -0.4 is 0 Å². The van der Waals surface area contributed by atoms with Crippen LogP contribution in [-0.4, -0.2) is 54.1 Å². The minimum atomic E-state index is -0.452. The first-order valence-electron chi connectivity index (χ1n) is 8.44. The standard InChI is InChI=1S/C18H23FN2O3/c1-20-13-18(24-17(20)23)9-4-11-21(12-10-18)16(22)8-7-14-5-2-3-6-15(14)19/h2-3,5-6H,4,7-13H2,1H3/t18-/m1/s1. The van der Waals surface area contributed by atoms with E-state index >= 15 is 0 Å². The van der Waals surface area contributed by atoms with E-state index in [0.29, 0.717) is 44.5 Å². The highest BCUT2D eigenvalue weighted by atomic mass is 19.1. The van der Waals surface area contributed by atoms with Crippen molar-refractivity contribution in [2.45, 2.75) is 37.7 Å². The van der Waals surface area contributed by atoms with Gasteiger partial charge in [-0.25, -0.2) is 9.18 Å². The highest BCUT2D eigenvalue weighted by molar-refractivity contribution is 5.76. The molecule has 6 heteroatoms. The molecule has 130 valence electrons. The second kappa shape index (κ2) is 6.79. The molecule has 1 spiro atoms. The molecule has 1 atom stereocenters. The van der Waals surface area contributed by atoms with Crippen LogP contribution in [-0.2, 0) is 16.0 Å². The first-order chi connectivity index (χ1) is 11.5. The number of aryl methyl sites for hydroxylation is 1. The Labute approximate surface area is 141 Å². The van der Waals surface area contributed by atoms with Crippen LogP contribution in [0.15, 0.2) is 24.3 Å². The predicted molar refractivity (Wildman–Crippen MR) is 87.0 cm³/mol. The summed E-state index contributed by atoms with van der Waals surface area (Å²) in [6, 6.07) is 6.56. The average Bonchev–Trinajstić information content (AvgIpc) is 2.72. The topological polar surface area (TPSA) is 49.9 Å². The zero-order valence-corrected chi connectivity index (χ0v) is 14.0. The van der Waals surface area contributed by atoms with E-state index in [2.05, 4.69) is 0 Å². The van der Waals surface area contributed by atoms with E-state index in [1.165, 1.54) is 6.07 Å². The molecule has 2 aliphatic rings. The van der Waals surface area contributed by atoms with E-state index < -0.39 is 5.60 Å². The summed E-state index contributed by atoms with van der Waals surface area (Å²) in [7, 11) is 1.74. The van der Waals surface area contributed by atoms with Crippen molar-refractivity contribution in [3.63, 3.8) is 0 Å². The molecule has 2 heterocycles. The van der Waals surface area contributed by atoms with Crippen LogP contribution in [0.4, 0.5) is 9.18 Å². The highest BCUT2D eigenvalue weighted by Crippen LogP contribution is 2.32. The predicted octanol–water partition coefficient (Wildman–Crippen LogP) is 2.59. The van der Waals surface area contributed by atoms with Crippen LogP contribution in [0.2, 0.25) is 0 Å². The van der Waals surface area contributed by atoms with Gasteiger partial charge in [-0.3, -0.25) is 4.79 Å². The maximum Gasteiger partial charge on any atom is 0.410 e. The highest BCUT2D eigenvalue weighted by Gasteiger charge is 2.44. The van der Waals surface area contributed by atoms with Crippen LogP contribution in [0.5, 0.6) is 0 Å². The Balaban J connectivity index is 1.55. The van der Waals surface area contributed by atoms with Crippen molar-refractivity contribution in [3.8, 4) is 0 Å². The summed E-state index contributed by atoms with van der Waals surface area (Å²) in [5.41, 5.74) is 0.121. The Kier molecular flexibility index (Phi) is 4.73. The number of carbonyl (C=O) groups excluding carboxylic acids is 2. The van der Waals surface area contributed by atoms with Crippen LogP contribution in [0.3, 0.4) is 0 Å². The molecule has 0 unspecified atom stereocenters. The molecule has 2 fully saturated rings. The molecule has 2 aliphatic heterocycles. The fourth-order valence-electron chi connectivity index (χ4n) is 3.57. The third-order valence-corrected chi connectivity index (χ3v) is 4.96. The second-order valence-electron chi connectivity index (χ2n) is 6.73. The molecule has 1 aromatic rings. The maximum atomic E-state index is 13.6. The smallest absolute Gasteiger partial charge is 0.410 e. The Bertz CT molecular complexity index is 636. The molecule has 0 radical (unpaired) electrons. The van der Waals surface area contributed by atoms with E-state index in [-0.39, 0.29) is 17.8 Å². The molecule has 1 aromatic carbocycles. The van der Waals surface area contributed by atoms with Crippen LogP contribution in [0.25, 0.3) is 0 Å². The summed E-state index contributed by atoms with van der Waals surface area (Å²) in [4.78, 5) is 27.5. The summed E-state index contributed by atoms with van der Waals surface area (Å²) in [5.74, 6) is -0.228. The molecule has 2 amide bonds. The van der Waals surface area contributed by atoms with Gasteiger partial charge in [0.15, 0.2) is 0 Å². The first-order valence-corrected chi connectivity index (χ1v) is 8.44. The van der Waals surface area contributed by atoms with Crippen molar-refractivity contribution < 1.29 is 18.7 Å². The van der Waals surface area contributed by atoms with Crippen molar-refractivity contribution in [3.05, 3.63) is 35.6 Å². The molecule has 3 rings (SSSR count). The second-order valence-corrected chi connectivity index (χ2v) is 6.73. The van der Waals surface area contributed by atoms with Gasteiger partial charge in [0.05, 0.1) is 6.54 Å². The number of amides is 2. The number of halogens is 1. The van der Waals surface area contributed by atoms with Gasteiger partial charge in [0.1, 0.15) is 11.4 Å². The third kappa shape index (κ3) is 3.52. The minimum Gasteiger partial charge on any atom is -0.441 e. The summed E-state index contributed by atoms with van der Waals surface area (Å²) >= 11 is 0. The lowest BCUT2D eigenvalue weighted by molar-refractivity contribution is -0.131. The summed E-state index contributed by atoms with van der Waals surface area (Å²) < 4.78 is 19.2. The van der Waals surface area contributed by atoms with Crippen molar-refractivity contribution in [2.75, 3.05) is 26.7 Å². The first kappa shape index (κ1) is 16.7.